The maximum absolute atomic E-state index is 12.4. The molecule has 1 amide bonds. The van der Waals surface area contributed by atoms with Gasteiger partial charge in [-0.2, -0.15) is 0 Å². The van der Waals surface area contributed by atoms with E-state index in [-0.39, 0.29) is 5.69 Å². The highest BCUT2D eigenvalue weighted by atomic mass is 32.2. The summed E-state index contributed by atoms with van der Waals surface area (Å²) >= 11 is 0. The average Bonchev–Trinajstić information content (AvgIpc) is 3.15. The molecule has 11 nitrogen and oxygen atoms in total. The first-order valence-electron chi connectivity index (χ1n) is 8.04. The number of non-ortho nitro benzene ring substituents is 1. The molecule has 1 aliphatic rings. The van der Waals surface area contributed by atoms with E-state index in [9.17, 15) is 28.1 Å². The molecular formula is C16H15N3O8S. The zero-order valence-electron chi connectivity index (χ0n) is 14.4. The molecule has 1 aromatic carbocycles. The Morgan fingerprint density at radius 1 is 1.29 bits per heavy atom. The standard InChI is InChI=1S/C16H15N3O8S/c17-28(24,25)15-6-5-13(27-15)16(21)26-9-14(20)18-7-1-2-10-8-11(19(22)23)3-4-12(10)18/h3-6,8H,1-2,7,9H2,(H2,17,24,25). The lowest BCUT2D eigenvalue weighted by Gasteiger charge is -2.29. The highest BCUT2D eigenvalue weighted by molar-refractivity contribution is 7.89. The van der Waals surface area contributed by atoms with Gasteiger partial charge in [0.05, 0.1) is 4.92 Å². The topological polar surface area (TPSA) is 163 Å². The van der Waals surface area contributed by atoms with Crippen molar-refractivity contribution in [2.45, 2.75) is 17.9 Å². The lowest BCUT2D eigenvalue weighted by molar-refractivity contribution is -0.384. The highest BCUT2D eigenvalue weighted by Crippen LogP contribution is 2.30. The number of carbonyl (C=O) groups is 2. The third-order valence-corrected chi connectivity index (χ3v) is 4.86. The van der Waals surface area contributed by atoms with Gasteiger partial charge in [-0.3, -0.25) is 14.9 Å². The van der Waals surface area contributed by atoms with Crippen molar-refractivity contribution in [3.8, 4) is 0 Å². The first kappa shape index (κ1) is 19.5. The number of fused-ring (bicyclic) bond motifs is 1. The summed E-state index contributed by atoms with van der Waals surface area (Å²) in [4.78, 5) is 36.2. The number of benzene rings is 1. The molecule has 2 heterocycles. The summed E-state index contributed by atoms with van der Waals surface area (Å²) in [6.07, 6.45) is 1.19. The lowest BCUT2D eigenvalue weighted by atomic mass is 10.0. The Morgan fingerprint density at radius 3 is 2.68 bits per heavy atom. The molecule has 1 aromatic heterocycles. The molecule has 0 fully saturated rings. The number of rotatable bonds is 5. The second kappa shape index (κ2) is 7.40. The van der Waals surface area contributed by atoms with Crippen LogP contribution in [-0.2, 0) is 26.0 Å². The Kier molecular flexibility index (Phi) is 5.16. The van der Waals surface area contributed by atoms with Crippen LogP contribution >= 0.6 is 0 Å². The summed E-state index contributed by atoms with van der Waals surface area (Å²) in [7, 11) is -4.10. The van der Waals surface area contributed by atoms with Crippen LogP contribution in [0.1, 0.15) is 22.5 Å². The molecule has 3 rings (SSSR count). The van der Waals surface area contributed by atoms with Gasteiger partial charge in [-0.05, 0) is 36.6 Å². The van der Waals surface area contributed by atoms with E-state index in [1.807, 2.05) is 0 Å². The maximum atomic E-state index is 12.4. The Hall–Kier alpha value is -3.25. The SMILES string of the molecule is NS(=O)(=O)c1ccc(C(=O)OCC(=O)N2CCCc3cc([N+](=O)[O-])ccc32)o1. The molecule has 0 saturated heterocycles. The monoisotopic (exact) mass is 409 g/mol. The molecule has 0 radical (unpaired) electrons. The van der Waals surface area contributed by atoms with Crippen LogP contribution in [0.4, 0.5) is 11.4 Å². The predicted molar refractivity (Wildman–Crippen MR) is 94.1 cm³/mol. The number of nitro benzene ring substituents is 1. The van der Waals surface area contributed by atoms with Gasteiger partial charge in [0, 0.05) is 24.4 Å². The number of nitrogens with two attached hydrogens (primary N) is 1. The van der Waals surface area contributed by atoms with Crippen LogP contribution in [0.15, 0.2) is 39.8 Å². The van der Waals surface area contributed by atoms with Crippen LogP contribution in [0.2, 0.25) is 0 Å². The number of anilines is 1. The summed E-state index contributed by atoms with van der Waals surface area (Å²) in [6, 6.07) is 6.27. The van der Waals surface area contributed by atoms with Crippen LogP contribution in [0, 0.1) is 10.1 Å². The first-order chi connectivity index (χ1) is 13.2. The molecule has 0 atom stereocenters. The van der Waals surface area contributed by atoms with Crippen molar-refractivity contribution < 1.29 is 32.1 Å². The lowest BCUT2D eigenvalue weighted by Crippen LogP contribution is -2.38. The van der Waals surface area contributed by atoms with Gasteiger partial charge >= 0.3 is 5.97 Å². The van der Waals surface area contributed by atoms with E-state index < -0.39 is 44.3 Å². The number of aryl methyl sites for hydroxylation is 1. The van der Waals surface area contributed by atoms with Gasteiger partial charge in [0.15, 0.2) is 6.61 Å². The minimum absolute atomic E-state index is 0.0667. The van der Waals surface area contributed by atoms with E-state index in [1.165, 1.54) is 23.1 Å². The normalized spacial score (nSPS) is 13.7. The van der Waals surface area contributed by atoms with E-state index in [0.29, 0.717) is 30.6 Å². The third kappa shape index (κ3) is 4.02. The van der Waals surface area contributed by atoms with Gasteiger partial charge in [0.1, 0.15) is 0 Å². The van der Waals surface area contributed by atoms with Crippen LogP contribution in [-0.4, -0.2) is 38.4 Å². The summed E-state index contributed by atoms with van der Waals surface area (Å²) in [5, 5.41) is 15.2. The van der Waals surface area contributed by atoms with Gasteiger partial charge in [0.2, 0.25) is 10.9 Å². The average molecular weight is 409 g/mol. The molecule has 12 heteroatoms. The molecule has 0 spiro atoms. The zero-order chi connectivity index (χ0) is 20.5. The maximum Gasteiger partial charge on any atom is 0.374 e. The number of furan rings is 1. The molecular weight excluding hydrogens is 394 g/mol. The van der Waals surface area contributed by atoms with Crippen LogP contribution in [0.25, 0.3) is 0 Å². The van der Waals surface area contributed by atoms with Crippen LogP contribution < -0.4 is 10.0 Å². The van der Waals surface area contributed by atoms with E-state index >= 15 is 0 Å². The van der Waals surface area contributed by atoms with Crippen molar-refractivity contribution in [1.82, 2.24) is 0 Å². The van der Waals surface area contributed by atoms with Gasteiger partial charge in [0.25, 0.3) is 21.6 Å². The van der Waals surface area contributed by atoms with Crippen molar-refractivity contribution in [3.63, 3.8) is 0 Å². The van der Waals surface area contributed by atoms with E-state index in [1.54, 1.807) is 0 Å². The molecule has 0 unspecified atom stereocenters. The van der Waals surface area contributed by atoms with Crippen LogP contribution in [0.5, 0.6) is 0 Å². The van der Waals surface area contributed by atoms with Gasteiger partial charge in [-0.25, -0.2) is 18.4 Å². The van der Waals surface area contributed by atoms with E-state index in [4.69, 9.17) is 14.3 Å². The number of sulfonamides is 1. The summed E-state index contributed by atoms with van der Waals surface area (Å²) in [5.41, 5.74) is 1.11. The molecule has 0 aliphatic carbocycles. The van der Waals surface area contributed by atoms with E-state index in [0.717, 1.165) is 12.1 Å². The fourth-order valence-corrected chi connectivity index (χ4v) is 3.28. The number of ether oxygens (including phenoxy) is 1. The predicted octanol–water partition coefficient (Wildman–Crippen LogP) is 0.971. The number of amides is 1. The number of nitro groups is 1. The quantitative estimate of drug-likeness (QED) is 0.434. The Bertz CT molecular complexity index is 1060. The number of nitrogens with zero attached hydrogens (tertiary/aromatic N) is 2. The zero-order valence-corrected chi connectivity index (χ0v) is 15.2. The number of carbonyl (C=O) groups excluding carboxylic acids is 2. The highest BCUT2D eigenvalue weighted by Gasteiger charge is 2.26. The van der Waals surface area contributed by atoms with Crippen molar-refractivity contribution in [2.75, 3.05) is 18.1 Å². The minimum Gasteiger partial charge on any atom is -0.450 e. The van der Waals surface area contributed by atoms with Crippen molar-refractivity contribution in [1.29, 1.82) is 0 Å². The molecule has 0 saturated carbocycles. The van der Waals surface area contributed by atoms with E-state index in [2.05, 4.69) is 0 Å². The summed E-state index contributed by atoms with van der Waals surface area (Å²) in [6.45, 7) is -0.238. The number of esters is 1. The van der Waals surface area contributed by atoms with Crippen LogP contribution in [0.3, 0.4) is 0 Å². The van der Waals surface area contributed by atoms with Gasteiger partial charge in [-0.15, -0.1) is 0 Å². The Balaban J connectivity index is 1.68. The van der Waals surface area contributed by atoms with Crippen molar-refractivity contribution in [3.05, 3.63) is 51.8 Å². The molecule has 2 aromatic rings. The fraction of sp³-hybridized carbons (Fsp3) is 0.250. The molecule has 148 valence electrons. The molecule has 1 aliphatic heterocycles. The van der Waals surface area contributed by atoms with Crippen molar-refractivity contribution in [2.24, 2.45) is 5.14 Å². The number of primary sulfonamides is 1. The second-order valence-electron chi connectivity index (χ2n) is 5.96. The van der Waals surface area contributed by atoms with Gasteiger partial charge in [-0.1, -0.05) is 0 Å². The molecule has 28 heavy (non-hydrogen) atoms. The number of hydrogen-bond acceptors (Lipinski definition) is 8. The van der Waals surface area contributed by atoms with Gasteiger partial charge < -0.3 is 14.1 Å². The second-order valence-corrected chi connectivity index (χ2v) is 7.45. The largest absolute Gasteiger partial charge is 0.450 e. The summed E-state index contributed by atoms with van der Waals surface area (Å²) in [5.74, 6) is -1.96. The third-order valence-electron chi connectivity index (χ3n) is 4.08. The Labute approximate surface area is 158 Å². The fourth-order valence-electron chi connectivity index (χ4n) is 2.82. The van der Waals surface area contributed by atoms with Crippen molar-refractivity contribution >= 4 is 33.3 Å². The molecule has 2 N–H and O–H groups in total. The first-order valence-corrected chi connectivity index (χ1v) is 9.59. The minimum atomic E-state index is -4.10. The number of hydrogen-bond donors (Lipinski definition) is 1. The smallest absolute Gasteiger partial charge is 0.374 e. The Morgan fingerprint density at radius 2 is 2.04 bits per heavy atom. The molecule has 0 bridgehead atoms. The summed E-state index contributed by atoms with van der Waals surface area (Å²) < 4.78 is 32.0.